The summed E-state index contributed by atoms with van der Waals surface area (Å²) in [5, 5.41) is 0. The lowest BCUT2D eigenvalue weighted by molar-refractivity contribution is -0.409. The van der Waals surface area contributed by atoms with E-state index in [1.165, 1.54) is 0 Å². The quantitative estimate of drug-likeness (QED) is 0.619. The summed E-state index contributed by atoms with van der Waals surface area (Å²) in [6.07, 6.45) is -15.4. The van der Waals surface area contributed by atoms with Crippen molar-refractivity contribution in [2.75, 3.05) is 0 Å². The average molecular weight is 212 g/mol. The predicted octanol–water partition coefficient (Wildman–Crippen LogP) is 1.74. The Kier molecular flexibility index (Phi) is 2.43. The highest BCUT2D eigenvalue weighted by Crippen LogP contribution is 2.35. The van der Waals surface area contributed by atoms with Crippen LogP contribution in [0.25, 0.3) is 0 Å². The molecule has 0 aromatic heterocycles. The van der Waals surface area contributed by atoms with Crippen molar-refractivity contribution in [2.24, 2.45) is 0 Å². The molecule has 0 aromatic rings. The Hall–Kier alpha value is -0.540. The van der Waals surface area contributed by atoms with Gasteiger partial charge in [0.05, 0.1) is 0 Å². The van der Waals surface area contributed by atoms with E-state index in [-0.39, 0.29) is 0 Å². The van der Waals surface area contributed by atoms with Gasteiger partial charge in [-0.2, -0.15) is 0 Å². The molecule has 1 aliphatic rings. The highest BCUT2D eigenvalue weighted by Gasteiger charge is 2.54. The highest BCUT2D eigenvalue weighted by atomic mass is 19.4. The molecule has 1 heterocycles. The van der Waals surface area contributed by atoms with E-state index >= 15 is 0 Å². The summed E-state index contributed by atoms with van der Waals surface area (Å²) >= 11 is 0. The van der Waals surface area contributed by atoms with E-state index < -0.39 is 25.3 Å². The molecule has 1 fully saturated rings. The van der Waals surface area contributed by atoms with E-state index in [2.05, 4.69) is 14.2 Å². The van der Waals surface area contributed by atoms with Gasteiger partial charge in [-0.25, -0.2) is 4.39 Å². The standard InChI is InChI=1S/C4H2F6O3/c5-1-2(12-3(6,7)8)13-4(9,10)11-1/h1-2H. The van der Waals surface area contributed by atoms with Gasteiger partial charge in [-0.3, -0.25) is 14.2 Å². The Morgan fingerprint density at radius 1 is 1.15 bits per heavy atom. The van der Waals surface area contributed by atoms with Crippen LogP contribution in [-0.2, 0) is 14.2 Å². The third-order valence-corrected chi connectivity index (χ3v) is 0.967. The van der Waals surface area contributed by atoms with Crippen LogP contribution in [0.5, 0.6) is 0 Å². The molecule has 2 unspecified atom stereocenters. The second kappa shape index (κ2) is 3.00. The molecule has 0 saturated carbocycles. The molecule has 0 amide bonds. The van der Waals surface area contributed by atoms with Crippen LogP contribution in [0.1, 0.15) is 0 Å². The fraction of sp³-hybridized carbons (Fsp3) is 1.00. The third-order valence-electron chi connectivity index (χ3n) is 0.967. The molecule has 1 aliphatic heterocycles. The molecule has 0 spiro atoms. The molecular formula is C4H2F6O3. The number of ether oxygens (including phenoxy) is 3. The van der Waals surface area contributed by atoms with Crippen LogP contribution in [-0.4, -0.2) is 25.3 Å². The van der Waals surface area contributed by atoms with Crippen LogP contribution in [0, 0.1) is 0 Å². The van der Waals surface area contributed by atoms with Crippen LogP contribution in [0.2, 0.25) is 0 Å². The first-order chi connectivity index (χ1) is 5.70. The Morgan fingerprint density at radius 2 is 1.69 bits per heavy atom. The summed E-state index contributed by atoms with van der Waals surface area (Å²) in [5.74, 6) is 0. The van der Waals surface area contributed by atoms with E-state index in [0.29, 0.717) is 0 Å². The molecule has 2 atom stereocenters. The molecule has 0 N–H and O–H groups in total. The molecule has 78 valence electrons. The van der Waals surface area contributed by atoms with E-state index in [0.717, 1.165) is 0 Å². The second-order valence-corrected chi connectivity index (χ2v) is 1.98. The molecule has 0 radical (unpaired) electrons. The molecule has 3 nitrogen and oxygen atoms in total. The number of alkyl halides is 6. The minimum Gasteiger partial charge on any atom is -0.260 e. The number of hydrogen-bond donors (Lipinski definition) is 0. The lowest BCUT2D eigenvalue weighted by atomic mass is 10.6. The predicted molar refractivity (Wildman–Crippen MR) is 22.9 cm³/mol. The Labute approximate surface area is 67.2 Å². The summed E-state index contributed by atoms with van der Waals surface area (Å²) in [5.41, 5.74) is 0. The van der Waals surface area contributed by atoms with E-state index in [9.17, 15) is 26.3 Å². The van der Waals surface area contributed by atoms with Crippen molar-refractivity contribution >= 4 is 0 Å². The maximum Gasteiger partial charge on any atom is 0.524 e. The molecule has 9 heteroatoms. The van der Waals surface area contributed by atoms with Crippen LogP contribution < -0.4 is 0 Å². The van der Waals surface area contributed by atoms with Gasteiger partial charge in [-0.05, 0) is 0 Å². The Morgan fingerprint density at radius 3 is 2.00 bits per heavy atom. The Bertz CT molecular complexity index is 191. The third kappa shape index (κ3) is 3.01. The van der Waals surface area contributed by atoms with Gasteiger partial charge in [0.15, 0.2) is 0 Å². The lowest BCUT2D eigenvalue weighted by Gasteiger charge is -2.12. The smallest absolute Gasteiger partial charge is 0.260 e. The molecule has 0 aromatic carbocycles. The molecule has 1 rings (SSSR count). The first-order valence-electron chi connectivity index (χ1n) is 2.82. The molecule has 0 aliphatic carbocycles. The largest absolute Gasteiger partial charge is 0.524 e. The molecule has 0 bridgehead atoms. The van der Waals surface area contributed by atoms with Gasteiger partial charge in [0.2, 0.25) is 6.29 Å². The van der Waals surface area contributed by atoms with Gasteiger partial charge in [0.25, 0.3) is 6.36 Å². The first kappa shape index (κ1) is 10.5. The van der Waals surface area contributed by atoms with Gasteiger partial charge in [0, 0.05) is 0 Å². The van der Waals surface area contributed by atoms with Crippen molar-refractivity contribution in [1.29, 1.82) is 0 Å². The van der Waals surface area contributed by atoms with Crippen LogP contribution in [0.4, 0.5) is 26.3 Å². The summed E-state index contributed by atoms with van der Waals surface area (Å²) in [6, 6.07) is 0. The van der Waals surface area contributed by atoms with Crippen LogP contribution in [0.3, 0.4) is 0 Å². The molecule has 13 heavy (non-hydrogen) atoms. The molecular weight excluding hydrogens is 210 g/mol. The normalized spacial score (nSPS) is 33.7. The first-order valence-corrected chi connectivity index (χ1v) is 2.82. The minimum absolute atomic E-state index is 2.80. The van der Waals surface area contributed by atoms with Gasteiger partial charge < -0.3 is 0 Å². The van der Waals surface area contributed by atoms with E-state index in [4.69, 9.17) is 0 Å². The van der Waals surface area contributed by atoms with Crippen molar-refractivity contribution in [1.82, 2.24) is 0 Å². The van der Waals surface area contributed by atoms with E-state index in [1.807, 2.05) is 0 Å². The van der Waals surface area contributed by atoms with Gasteiger partial charge in [-0.1, -0.05) is 0 Å². The van der Waals surface area contributed by atoms with Crippen LogP contribution >= 0.6 is 0 Å². The zero-order valence-electron chi connectivity index (χ0n) is 5.65. The summed E-state index contributed by atoms with van der Waals surface area (Å²) in [6.45, 7) is 0. The number of halogens is 6. The van der Waals surface area contributed by atoms with Crippen molar-refractivity contribution < 1.29 is 40.6 Å². The topological polar surface area (TPSA) is 27.7 Å². The maximum atomic E-state index is 12.2. The monoisotopic (exact) mass is 212 g/mol. The van der Waals surface area contributed by atoms with Gasteiger partial charge in [-0.15, -0.1) is 22.0 Å². The fourth-order valence-electron chi connectivity index (χ4n) is 0.612. The maximum absolute atomic E-state index is 12.2. The summed E-state index contributed by atoms with van der Waals surface area (Å²) in [4.78, 5) is 0. The van der Waals surface area contributed by atoms with E-state index in [1.54, 1.807) is 0 Å². The highest BCUT2D eigenvalue weighted by molar-refractivity contribution is 4.60. The summed E-state index contributed by atoms with van der Waals surface area (Å²) < 4.78 is 79.1. The van der Waals surface area contributed by atoms with Crippen molar-refractivity contribution in [3.05, 3.63) is 0 Å². The van der Waals surface area contributed by atoms with Crippen molar-refractivity contribution in [3.63, 3.8) is 0 Å². The zero-order valence-corrected chi connectivity index (χ0v) is 5.65. The fourth-order valence-corrected chi connectivity index (χ4v) is 0.612. The van der Waals surface area contributed by atoms with Crippen LogP contribution in [0.15, 0.2) is 0 Å². The van der Waals surface area contributed by atoms with Gasteiger partial charge >= 0.3 is 12.7 Å². The SMILES string of the molecule is FC1OC(F)(F)OC1OC(F)(F)F. The Balaban J connectivity index is 2.54. The molecule has 1 saturated heterocycles. The van der Waals surface area contributed by atoms with Crippen molar-refractivity contribution in [2.45, 2.75) is 25.3 Å². The second-order valence-electron chi connectivity index (χ2n) is 1.98. The zero-order chi connectivity index (χ0) is 10.3. The van der Waals surface area contributed by atoms with Gasteiger partial charge in [0.1, 0.15) is 0 Å². The van der Waals surface area contributed by atoms with Crippen molar-refractivity contribution in [3.8, 4) is 0 Å². The number of rotatable bonds is 1. The minimum atomic E-state index is -5.27. The average Bonchev–Trinajstić information content (AvgIpc) is 2.00. The summed E-state index contributed by atoms with van der Waals surface area (Å²) in [7, 11) is 0. The lowest BCUT2D eigenvalue weighted by Crippen LogP contribution is -2.29. The number of hydrogen-bond acceptors (Lipinski definition) is 3.